The predicted octanol–water partition coefficient (Wildman–Crippen LogP) is 5.44. The van der Waals surface area contributed by atoms with Gasteiger partial charge in [0.15, 0.2) is 5.60 Å². The fraction of sp³-hybridized carbons (Fsp3) is 0.429. The maximum atomic E-state index is 14.9. The molecule has 5 atom stereocenters. The number of likely N-dealkylation sites (tertiary alicyclic amines) is 1. The number of aliphatic hydroxyl groups excluding tert-OH is 1. The first kappa shape index (κ1) is 31.3. The lowest BCUT2D eigenvalue weighted by atomic mass is 9.82. The van der Waals surface area contributed by atoms with E-state index in [1.807, 2.05) is 64.4 Å². The predicted molar refractivity (Wildman–Crippen MR) is 183 cm³/mol. The Bertz CT molecular complexity index is 1530. The molecule has 2 amide bonds. The zero-order chi connectivity index (χ0) is 31.2. The molecule has 44 heavy (non-hydrogen) atoms. The Kier molecular flexibility index (Phi) is 8.68. The average Bonchev–Trinajstić information content (AvgIpc) is 3.68. The van der Waals surface area contributed by atoms with Crippen LogP contribution >= 0.6 is 22.6 Å². The number of benzene rings is 3. The van der Waals surface area contributed by atoms with E-state index in [0.717, 1.165) is 39.0 Å². The first-order chi connectivity index (χ1) is 21.1. The normalized spacial score (nSPS) is 26.5. The van der Waals surface area contributed by atoms with Crippen molar-refractivity contribution >= 4 is 53.4 Å². The quantitative estimate of drug-likeness (QED) is 0.248. The molecule has 9 heteroatoms. The van der Waals surface area contributed by atoms with Gasteiger partial charge in [-0.2, -0.15) is 0 Å². The van der Waals surface area contributed by atoms with Gasteiger partial charge in [-0.3, -0.25) is 9.59 Å². The van der Waals surface area contributed by atoms with Crippen molar-refractivity contribution in [3.05, 3.63) is 87.5 Å². The number of carbonyl (C=O) groups is 2. The molecule has 2 saturated heterocycles. The monoisotopic (exact) mass is 724 g/mol. The summed E-state index contributed by atoms with van der Waals surface area (Å²) in [6.07, 6.45) is 1.43. The minimum absolute atomic E-state index is 0.00483. The molecule has 3 aromatic carbocycles. The van der Waals surface area contributed by atoms with Crippen LogP contribution in [0.4, 0.5) is 5.69 Å². The lowest BCUT2D eigenvalue weighted by Crippen LogP contribution is -2.52. The number of rotatable bonds is 8. The lowest BCUT2D eigenvalue weighted by Gasteiger charge is -2.37. The van der Waals surface area contributed by atoms with Crippen LogP contribution in [0.2, 0.25) is 18.6 Å². The van der Waals surface area contributed by atoms with Crippen molar-refractivity contribution in [1.82, 2.24) is 4.90 Å². The largest absolute Gasteiger partial charge is 0.497 e. The highest BCUT2D eigenvalue weighted by Gasteiger charge is 2.66. The molecule has 3 aromatic rings. The van der Waals surface area contributed by atoms with Crippen molar-refractivity contribution in [2.45, 2.75) is 69.1 Å². The Hall–Kier alpha value is -2.73. The number of anilines is 1. The zero-order valence-electron chi connectivity index (χ0n) is 25.8. The minimum atomic E-state index is -2.37. The molecule has 2 fully saturated rings. The Morgan fingerprint density at radius 2 is 1.84 bits per heavy atom. The number of fused-ring (bicyclic) bond motifs is 2. The fourth-order valence-electron chi connectivity index (χ4n) is 8.05. The summed E-state index contributed by atoms with van der Waals surface area (Å²) in [4.78, 5) is 32.5. The number of carbonyl (C=O) groups excluding carboxylic acids is 2. The van der Waals surface area contributed by atoms with Crippen LogP contribution in [0.25, 0.3) is 0 Å². The molecule has 0 aliphatic carbocycles. The smallest absolute Gasteiger partial charge is 0.264 e. The highest BCUT2D eigenvalue weighted by atomic mass is 127. The molecule has 0 radical (unpaired) electrons. The van der Waals surface area contributed by atoms with E-state index in [4.69, 9.17) is 9.47 Å². The standard InChI is InChI=1S/C35H41IN2O5Si/c1-23-33(44(3,4)28-15-13-27(42-2)14-16-28)31(20-32(40)37-18-8-11-26(37)22-39)43-35(23)29-19-25(36)12-17-30(29)38(34(35)41)21-24-9-6-5-7-10-24/h5-7,9-10,12-17,19,23,26,31,33,39H,8,11,18,20-22H2,1-4H3/t23-,26+,31+,33-,35+/m1/s1. The van der Waals surface area contributed by atoms with Gasteiger partial charge < -0.3 is 24.4 Å². The van der Waals surface area contributed by atoms with Gasteiger partial charge in [0, 0.05) is 21.6 Å². The van der Waals surface area contributed by atoms with E-state index in [0.29, 0.717) is 13.1 Å². The second kappa shape index (κ2) is 12.2. The summed E-state index contributed by atoms with van der Waals surface area (Å²) in [5.74, 6) is 0.559. The second-order valence-electron chi connectivity index (χ2n) is 13.0. The van der Waals surface area contributed by atoms with E-state index in [9.17, 15) is 14.7 Å². The van der Waals surface area contributed by atoms with Crippen molar-refractivity contribution in [2.24, 2.45) is 5.92 Å². The van der Waals surface area contributed by atoms with Crippen molar-refractivity contribution in [3.63, 3.8) is 0 Å². The maximum absolute atomic E-state index is 14.9. The van der Waals surface area contributed by atoms with Gasteiger partial charge in [-0.15, -0.1) is 0 Å². The van der Waals surface area contributed by atoms with Gasteiger partial charge in [0.2, 0.25) is 5.91 Å². The topological polar surface area (TPSA) is 79.3 Å². The molecule has 3 aliphatic rings. The molecular weight excluding hydrogens is 683 g/mol. The van der Waals surface area contributed by atoms with Crippen molar-refractivity contribution in [2.75, 3.05) is 25.2 Å². The number of halogens is 1. The van der Waals surface area contributed by atoms with Crippen molar-refractivity contribution in [1.29, 1.82) is 0 Å². The summed E-state index contributed by atoms with van der Waals surface area (Å²) in [7, 11) is -0.701. The van der Waals surface area contributed by atoms with Gasteiger partial charge in [-0.1, -0.05) is 67.7 Å². The third-order valence-electron chi connectivity index (χ3n) is 10.3. The lowest BCUT2D eigenvalue weighted by molar-refractivity contribution is -0.150. The molecule has 0 aromatic heterocycles. The van der Waals surface area contributed by atoms with Crippen molar-refractivity contribution in [3.8, 4) is 5.75 Å². The highest BCUT2D eigenvalue weighted by Crippen LogP contribution is 2.60. The summed E-state index contributed by atoms with van der Waals surface area (Å²) in [6.45, 7) is 7.88. The summed E-state index contributed by atoms with van der Waals surface area (Å²) in [5, 5.41) is 11.2. The first-order valence-corrected chi connectivity index (χ1v) is 19.7. The summed E-state index contributed by atoms with van der Waals surface area (Å²) < 4.78 is 13.6. The summed E-state index contributed by atoms with van der Waals surface area (Å²) in [6, 6.07) is 24.3. The van der Waals surface area contributed by atoms with Gasteiger partial charge in [-0.05, 0) is 76.9 Å². The SMILES string of the molecule is COc1ccc([Si](C)(C)[C@H]2[C@H](CC(=O)N3CCC[C@H]3CO)O[C@@]3(C(=O)N(Cc4ccccc4)c4ccc(I)cc43)[C@@H]2C)cc1. The van der Waals surface area contributed by atoms with Crippen molar-refractivity contribution < 1.29 is 24.2 Å². The van der Waals surface area contributed by atoms with E-state index >= 15 is 0 Å². The van der Waals surface area contributed by atoms with Crippen LogP contribution in [-0.4, -0.2) is 62.3 Å². The Balaban J connectivity index is 1.44. The average molecular weight is 725 g/mol. The van der Waals surface area contributed by atoms with E-state index in [2.05, 4.69) is 60.8 Å². The van der Waals surface area contributed by atoms with Gasteiger partial charge in [0.25, 0.3) is 5.91 Å². The van der Waals surface area contributed by atoms with Crippen LogP contribution in [0.1, 0.15) is 37.3 Å². The molecule has 7 nitrogen and oxygen atoms in total. The Morgan fingerprint density at radius 1 is 1.11 bits per heavy atom. The molecule has 0 unspecified atom stereocenters. The molecular formula is C35H41IN2O5Si. The van der Waals surface area contributed by atoms with Crippen LogP contribution in [-0.2, 0) is 26.5 Å². The van der Waals surface area contributed by atoms with Gasteiger partial charge >= 0.3 is 0 Å². The zero-order valence-corrected chi connectivity index (χ0v) is 29.0. The number of methoxy groups -OCH3 is 1. The second-order valence-corrected chi connectivity index (χ2v) is 18.9. The third-order valence-corrected chi connectivity index (χ3v) is 15.3. The van der Waals surface area contributed by atoms with Gasteiger partial charge in [0.1, 0.15) is 5.75 Å². The first-order valence-electron chi connectivity index (χ1n) is 15.5. The molecule has 3 aliphatic heterocycles. The van der Waals surface area contributed by atoms with Gasteiger partial charge in [-0.25, -0.2) is 0 Å². The number of aliphatic hydroxyl groups is 1. The van der Waals surface area contributed by atoms with E-state index < -0.39 is 19.8 Å². The third kappa shape index (κ3) is 5.19. The Morgan fingerprint density at radius 3 is 2.52 bits per heavy atom. The molecule has 1 N–H and O–H groups in total. The summed E-state index contributed by atoms with van der Waals surface area (Å²) in [5.41, 5.74) is 1.60. The van der Waals surface area contributed by atoms with Crippen LogP contribution in [0.15, 0.2) is 72.8 Å². The van der Waals surface area contributed by atoms with Crippen LogP contribution in [0.3, 0.4) is 0 Å². The van der Waals surface area contributed by atoms with Crippen LogP contribution < -0.4 is 14.8 Å². The number of ether oxygens (including phenoxy) is 2. The fourth-order valence-corrected chi connectivity index (χ4v) is 12.6. The molecule has 0 bridgehead atoms. The number of nitrogens with zero attached hydrogens (tertiary/aromatic N) is 2. The van der Waals surface area contributed by atoms with Crippen LogP contribution in [0.5, 0.6) is 5.75 Å². The maximum Gasteiger partial charge on any atom is 0.264 e. The molecule has 1 spiro atoms. The van der Waals surface area contributed by atoms with E-state index in [1.54, 1.807) is 7.11 Å². The van der Waals surface area contributed by atoms with Crippen LogP contribution in [0, 0.1) is 9.49 Å². The van der Waals surface area contributed by atoms with E-state index in [1.165, 1.54) is 5.19 Å². The molecule has 3 heterocycles. The number of hydrogen-bond donors (Lipinski definition) is 1. The number of hydrogen-bond acceptors (Lipinski definition) is 5. The molecule has 0 saturated carbocycles. The summed E-state index contributed by atoms with van der Waals surface area (Å²) >= 11 is 2.31. The molecule has 6 rings (SSSR count). The number of amides is 2. The minimum Gasteiger partial charge on any atom is -0.497 e. The Labute approximate surface area is 274 Å². The van der Waals surface area contributed by atoms with Gasteiger partial charge in [0.05, 0.1) is 52.6 Å². The van der Waals surface area contributed by atoms with E-state index in [-0.39, 0.29) is 42.3 Å². The molecule has 232 valence electrons. The highest BCUT2D eigenvalue weighted by molar-refractivity contribution is 14.1.